The molecule has 2 amide bonds. The van der Waals surface area contributed by atoms with Crippen LogP contribution in [0.25, 0.3) is 0 Å². The van der Waals surface area contributed by atoms with Crippen LogP contribution in [0.3, 0.4) is 0 Å². The van der Waals surface area contributed by atoms with Crippen LogP contribution in [0, 0.1) is 12.8 Å². The number of piperidine rings is 1. The van der Waals surface area contributed by atoms with Crippen molar-refractivity contribution in [2.75, 3.05) is 23.7 Å². The molecular weight excluding hydrogens is 278 g/mol. The Morgan fingerprint density at radius 2 is 1.82 bits per heavy atom. The Morgan fingerprint density at radius 3 is 2.45 bits per heavy atom. The predicted molar refractivity (Wildman–Crippen MR) is 88.9 cm³/mol. The zero-order valence-electron chi connectivity index (χ0n) is 13.4. The van der Waals surface area contributed by atoms with E-state index in [0.29, 0.717) is 12.3 Å². The van der Waals surface area contributed by atoms with E-state index in [1.165, 1.54) is 6.92 Å². The van der Waals surface area contributed by atoms with Crippen molar-refractivity contribution in [2.24, 2.45) is 5.92 Å². The summed E-state index contributed by atoms with van der Waals surface area (Å²) in [5, 5.41) is 9.07. The quantitative estimate of drug-likeness (QED) is 0.783. The van der Waals surface area contributed by atoms with Crippen LogP contribution in [0.2, 0.25) is 0 Å². The maximum atomic E-state index is 12.1. The van der Waals surface area contributed by atoms with E-state index in [-0.39, 0.29) is 11.8 Å². The minimum Gasteiger partial charge on any atom is -0.326 e. The number of anilines is 2. The van der Waals surface area contributed by atoms with Gasteiger partial charge >= 0.3 is 0 Å². The minimum absolute atomic E-state index is 0.0432. The molecule has 0 aromatic heterocycles. The van der Waals surface area contributed by atoms with Crippen molar-refractivity contribution in [1.29, 1.82) is 0 Å². The molecule has 0 spiro atoms. The first-order chi connectivity index (χ1) is 10.6. The van der Waals surface area contributed by atoms with Gasteiger partial charge in [0, 0.05) is 24.7 Å². The van der Waals surface area contributed by atoms with E-state index in [0.717, 1.165) is 49.3 Å². The molecule has 22 heavy (non-hydrogen) atoms. The number of hydrogen-bond acceptors (Lipinski definition) is 3. The predicted octanol–water partition coefficient (Wildman–Crippen LogP) is 2.67. The molecule has 0 unspecified atom stereocenters. The second-order valence-electron chi connectivity index (χ2n) is 5.94. The molecule has 0 aliphatic carbocycles. The summed E-state index contributed by atoms with van der Waals surface area (Å²) in [7, 11) is 0. The summed E-state index contributed by atoms with van der Waals surface area (Å²) in [5.41, 5.74) is 2.39. The van der Waals surface area contributed by atoms with Crippen molar-refractivity contribution in [3.63, 3.8) is 0 Å². The second kappa shape index (κ2) is 7.94. The van der Waals surface area contributed by atoms with Gasteiger partial charge in [-0.05, 0) is 62.9 Å². The number of benzene rings is 1. The Labute approximate surface area is 131 Å². The summed E-state index contributed by atoms with van der Waals surface area (Å²) < 4.78 is 0. The smallest absolute Gasteiger partial charge is 0.224 e. The normalized spacial score (nSPS) is 15.4. The first-order valence-electron chi connectivity index (χ1n) is 7.94. The van der Waals surface area contributed by atoms with Crippen LogP contribution in [0.15, 0.2) is 18.2 Å². The van der Waals surface area contributed by atoms with Gasteiger partial charge in [-0.3, -0.25) is 9.59 Å². The van der Waals surface area contributed by atoms with Crippen LogP contribution in [-0.4, -0.2) is 24.9 Å². The third-order valence-electron chi connectivity index (χ3n) is 4.16. The average molecular weight is 303 g/mol. The Morgan fingerprint density at radius 1 is 1.18 bits per heavy atom. The van der Waals surface area contributed by atoms with Crippen LogP contribution >= 0.6 is 0 Å². The van der Waals surface area contributed by atoms with Gasteiger partial charge in [0.15, 0.2) is 0 Å². The van der Waals surface area contributed by atoms with Crippen molar-refractivity contribution in [3.05, 3.63) is 23.8 Å². The summed E-state index contributed by atoms with van der Waals surface area (Å²) in [6.07, 6.45) is 3.81. The van der Waals surface area contributed by atoms with Gasteiger partial charge in [-0.25, -0.2) is 0 Å². The van der Waals surface area contributed by atoms with Gasteiger partial charge in [-0.1, -0.05) is 6.07 Å². The highest BCUT2D eigenvalue weighted by molar-refractivity contribution is 5.95. The van der Waals surface area contributed by atoms with Gasteiger partial charge in [0.1, 0.15) is 0 Å². The molecule has 0 radical (unpaired) electrons. The standard InChI is InChI=1S/C17H25N3O2/c1-12-15(19-13(2)21)4-3-5-16(12)20-17(22)7-6-14-8-10-18-11-9-14/h3-5,14,18H,6-11H2,1-2H3,(H,19,21)(H,20,22). The highest BCUT2D eigenvalue weighted by Gasteiger charge is 2.15. The van der Waals surface area contributed by atoms with E-state index in [2.05, 4.69) is 16.0 Å². The topological polar surface area (TPSA) is 70.2 Å². The van der Waals surface area contributed by atoms with E-state index < -0.39 is 0 Å². The fourth-order valence-electron chi connectivity index (χ4n) is 2.81. The Kier molecular flexibility index (Phi) is 5.95. The molecule has 120 valence electrons. The van der Waals surface area contributed by atoms with Crippen molar-refractivity contribution < 1.29 is 9.59 Å². The molecule has 1 aromatic rings. The van der Waals surface area contributed by atoms with Crippen LogP contribution in [0.5, 0.6) is 0 Å². The molecule has 1 aromatic carbocycles. The van der Waals surface area contributed by atoms with E-state index in [4.69, 9.17) is 0 Å². The van der Waals surface area contributed by atoms with Gasteiger partial charge in [0.05, 0.1) is 0 Å². The first kappa shape index (κ1) is 16.5. The summed E-state index contributed by atoms with van der Waals surface area (Å²) in [6, 6.07) is 5.53. The lowest BCUT2D eigenvalue weighted by Gasteiger charge is -2.22. The van der Waals surface area contributed by atoms with E-state index in [9.17, 15) is 9.59 Å². The monoisotopic (exact) mass is 303 g/mol. The maximum absolute atomic E-state index is 12.1. The van der Waals surface area contributed by atoms with E-state index in [1.807, 2.05) is 25.1 Å². The van der Waals surface area contributed by atoms with Crippen LogP contribution in [-0.2, 0) is 9.59 Å². The maximum Gasteiger partial charge on any atom is 0.224 e. The highest BCUT2D eigenvalue weighted by atomic mass is 16.2. The lowest BCUT2D eigenvalue weighted by molar-refractivity contribution is -0.116. The summed E-state index contributed by atoms with van der Waals surface area (Å²) >= 11 is 0. The third kappa shape index (κ3) is 4.84. The van der Waals surface area contributed by atoms with E-state index in [1.54, 1.807) is 0 Å². The first-order valence-corrected chi connectivity index (χ1v) is 7.94. The van der Waals surface area contributed by atoms with Crippen molar-refractivity contribution >= 4 is 23.2 Å². The SMILES string of the molecule is CC(=O)Nc1cccc(NC(=O)CCC2CCNCC2)c1C. The van der Waals surface area contributed by atoms with Gasteiger partial charge in [-0.15, -0.1) is 0 Å². The Hall–Kier alpha value is -1.88. The van der Waals surface area contributed by atoms with Crippen molar-refractivity contribution in [1.82, 2.24) is 5.32 Å². The van der Waals surface area contributed by atoms with Gasteiger partial charge in [0.2, 0.25) is 11.8 Å². The molecule has 1 aliphatic rings. The van der Waals surface area contributed by atoms with Crippen LogP contribution in [0.1, 0.15) is 38.2 Å². The van der Waals surface area contributed by atoms with Gasteiger partial charge < -0.3 is 16.0 Å². The van der Waals surface area contributed by atoms with Crippen molar-refractivity contribution in [3.8, 4) is 0 Å². The van der Waals surface area contributed by atoms with Crippen molar-refractivity contribution in [2.45, 2.75) is 39.5 Å². The molecule has 1 saturated heterocycles. The van der Waals surface area contributed by atoms with Crippen LogP contribution < -0.4 is 16.0 Å². The molecule has 1 heterocycles. The van der Waals surface area contributed by atoms with Gasteiger partial charge in [-0.2, -0.15) is 0 Å². The molecule has 0 saturated carbocycles. The second-order valence-corrected chi connectivity index (χ2v) is 5.94. The molecule has 2 rings (SSSR count). The van der Waals surface area contributed by atoms with Gasteiger partial charge in [0.25, 0.3) is 0 Å². The number of carbonyl (C=O) groups excluding carboxylic acids is 2. The lowest BCUT2D eigenvalue weighted by Crippen LogP contribution is -2.28. The Bertz CT molecular complexity index is 537. The lowest BCUT2D eigenvalue weighted by atomic mass is 9.93. The number of amides is 2. The molecule has 5 heteroatoms. The third-order valence-corrected chi connectivity index (χ3v) is 4.16. The number of nitrogens with one attached hydrogen (secondary N) is 3. The molecule has 0 bridgehead atoms. The fourth-order valence-corrected chi connectivity index (χ4v) is 2.81. The average Bonchev–Trinajstić information content (AvgIpc) is 2.50. The summed E-state index contributed by atoms with van der Waals surface area (Å²) in [4.78, 5) is 23.3. The minimum atomic E-state index is -0.113. The largest absolute Gasteiger partial charge is 0.326 e. The number of rotatable bonds is 5. The number of hydrogen-bond donors (Lipinski definition) is 3. The zero-order chi connectivity index (χ0) is 15.9. The molecule has 5 nitrogen and oxygen atoms in total. The molecule has 1 fully saturated rings. The molecule has 3 N–H and O–H groups in total. The molecule has 1 aliphatic heterocycles. The summed E-state index contributed by atoms with van der Waals surface area (Å²) in [5.74, 6) is 0.581. The highest BCUT2D eigenvalue weighted by Crippen LogP contribution is 2.24. The summed E-state index contributed by atoms with van der Waals surface area (Å²) in [6.45, 7) is 5.49. The van der Waals surface area contributed by atoms with Crippen LogP contribution in [0.4, 0.5) is 11.4 Å². The fraction of sp³-hybridized carbons (Fsp3) is 0.529. The number of carbonyl (C=O) groups is 2. The Balaban J connectivity index is 1.89. The zero-order valence-corrected chi connectivity index (χ0v) is 13.4. The van der Waals surface area contributed by atoms with E-state index >= 15 is 0 Å². The molecule has 0 atom stereocenters. The molecular formula is C17H25N3O2.